The maximum atomic E-state index is 12.2. The third kappa shape index (κ3) is 2.98. The van der Waals surface area contributed by atoms with Gasteiger partial charge in [0.1, 0.15) is 6.26 Å². The maximum Gasteiger partial charge on any atom is 0.289 e. The van der Waals surface area contributed by atoms with Crippen LogP contribution in [0.3, 0.4) is 0 Å². The Balaban J connectivity index is 1.33. The predicted molar refractivity (Wildman–Crippen MR) is 84.1 cm³/mol. The van der Waals surface area contributed by atoms with Crippen LogP contribution in [0.2, 0.25) is 0 Å². The highest BCUT2D eigenvalue weighted by Crippen LogP contribution is 2.20. The lowest BCUT2D eigenvalue weighted by molar-refractivity contribution is 0.0596. The van der Waals surface area contributed by atoms with Crippen molar-refractivity contribution in [3.63, 3.8) is 0 Å². The van der Waals surface area contributed by atoms with E-state index < -0.39 is 0 Å². The molecular weight excluding hydrogens is 310 g/mol. The molecule has 4 heterocycles. The Morgan fingerprint density at radius 3 is 2.54 bits per heavy atom. The quantitative estimate of drug-likeness (QED) is 0.733. The predicted octanol–water partition coefficient (Wildman–Crippen LogP) is 2.49. The molecule has 124 valence electrons. The molecule has 0 radical (unpaired) electrons. The fraction of sp³-hybridized carbons (Fsp3) is 0.294. The van der Waals surface area contributed by atoms with Crippen molar-refractivity contribution in [3.8, 4) is 11.7 Å². The van der Waals surface area contributed by atoms with Gasteiger partial charge in [0, 0.05) is 32.7 Å². The molecule has 0 bridgehead atoms. The van der Waals surface area contributed by atoms with Gasteiger partial charge in [-0.2, -0.15) is 0 Å². The molecule has 0 unspecified atom stereocenters. The van der Waals surface area contributed by atoms with Gasteiger partial charge in [0.05, 0.1) is 18.2 Å². The van der Waals surface area contributed by atoms with Crippen molar-refractivity contribution in [2.24, 2.45) is 0 Å². The van der Waals surface area contributed by atoms with Crippen molar-refractivity contribution in [1.29, 1.82) is 0 Å². The highest BCUT2D eigenvalue weighted by atomic mass is 16.4. The van der Waals surface area contributed by atoms with Crippen LogP contribution in [-0.4, -0.2) is 46.9 Å². The molecule has 24 heavy (non-hydrogen) atoms. The number of furan rings is 2. The number of piperazine rings is 1. The van der Waals surface area contributed by atoms with E-state index in [1.807, 2.05) is 11.0 Å². The van der Waals surface area contributed by atoms with Gasteiger partial charge < -0.3 is 18.2 Å². The molecule has 1 aliphatic rings. The summed E-state index contributed by atoms with van der Waals surface area (Å²) < 4.78 is 15.9. The largest absolute Gasteiger partial charge is 0.459 e. The highest BCUT2D eigenvalue weighted by Gasteiger charge is 2.24. The molecule has 0 aromatic carbocycles. The van der Waals surface area contributed by atoms with E-state index in [4.69, 9.17) is 13.3 Å². The molecule has 0 spiro atoms. The Morgan fingerprint density at radius 2 is 1.83 bits per heavy atom. The van der Waals surface area contributed by atoms with Gasteiger partial charge in [-0.05, 0) is 24.3 Å². The third-order valence-electron chi connectivity index (χ3n) is 4.06. The molecule has 3 aromatic heterocycles. The first-order chi connectivity index (χ1) is 11.8. The summed E-state index contributed by atoms with van der Waals surface area (Å²) in [5.74, 6) is 1.45. The van der Waals surface area contributed by atoms with Crippen molar-refractivity contribution < 1.29 is 18.0 Å². The average Bonchev–Trinajstić information content (AvgIpc) is 3.36. The monoisotopic (exact) mass is 327 g/mol. The van der Waals surface area contributed by atoms with Gasteiger partial charge in [0.2, 0.25) is 0 Å². The van der Waals surface area contributed by atoms with Gasteiger partial charge >= 0.3 is 0 Å². The molecule has 1 amide bonds. The van der Waals surface area contributed by atoms with Gasteiger partial charge in [-0.15, -0.1) is 0 Å². The number of aromatic nitrogens is 1. The summed E-state index contributed by atoms with van der Waals surface area (Å²) in [6, 6.07) is 7.04. The van der Waals surface area contributed by atoms with Crippen molar-refractivity contribution in [2.45, 2.75) is 6.54 Å². The maximum absolute atomic E-state index is 12.2. The molecule has 0 aliphatic carbocycles. The summed E-state index contributed by atoms with van der Waals surface area (Å²) in [4.78, 5) is 20.7. The van der Waals surface area contributed by atoms with E-state index in [1.165, 1.54) is 6.26 Å². The molecule has 3 aromatic rings. The molecule has 0 atom stereocenters. The number of carbonyl (C=O) groups is 1. The van der Waals surface area contributed by atoms with E-state index in [2.05, 4.69) is 9.88 Å². The number of oxazole rings is 1. The van der Waals surface area contributed by atoms with Crippen molar-refractivity contribution in [1.82, 2.24) is 14.8 Å². The Kier molecular flexibility index (Phi) is 3.92. The summed E-state index contributed by atoms with van der Waals surface area (Å²) in [5, 5.41) is 0. The molecule has 1 fully saturated rings. The van der Waals surface area contributed by atoms with Gasteiger partial charge in [0.25, 0.3) is 11.8 Å². The average molecular weight is 327 g/mol. The van der Waals surface area contributed by atoms with Gasteiger partial charge in [-0.3, -0.25) is 9.69 Å². The van der Waals surface area contributed by atoms with Crippen molar-refractivity contribution >= 4 is 5.91 Å². The Labute approximate surface area is 138 Å². The Morgan fingerprint density at radius 1 is 1.04 bits per heavy atom. The summed E-state index contributed by atoms with van der Waals surface area (Å²) in [7, 11) is 0. The number of nitrogens with zero attached hydrogens (tertiary/aromatic N) is 3. The summed E-state index contributed by atoms with van der Waals surface area (Å²) >= 11 is 0. The third-order valence-corrected chi connectivity index (χ3v) is 4.06. The van der Waals surface area contributed by atoms with Crippen LogP contribution in [0.1, 0.15) is 16.2 Å². The second-order valence-electron chi connectivity index (χ2n) is 5.67. The highest BCUT2D eigenvalue weighted by molar-refractivity contribution is 5.91. The van der Waals surface area contributed by atoms with Crippen LogP contribution < -0.4 is 0 Å². The fourth-order valence-electron chi connectivity index (χ4n) is 2.79. The lowest BCUT2D eigenvalue weighted by Crippen LogP contribution is -2.48. The topological polar surface area (TPSA) is 75.9 Å². The smallest absolute Gasteiger partial charge is 0.289 e. The van der Waals surface area contributed by atoms with E-state index in [0.29, 0.717) is 37.0 Å². The summed E-state index contributed by atoms with van der Waals surface area (Å²) in [6.07, 6.45) is 4.76. The molecule has 7 nitrogen and oxygen atoms in total. The van der Waals surface area contributed by atoms with Crippen LogP contribution in [0.15, 0.2) is 56.3 Å². The van der Waals surface area contributed by atoms with E-state index in [-0.39, 0.29) is 5.91 Å². The van der Waals surface area contributed by atoms with Gasteiger partial charge in [-0.25, -0.2) is 4.98 Å². The van der Waals surface area contributed by atoms with Crippen LogP contribution in [-0.2, 0) is 6.54 Å². The number of hydrogen-bond donors (Lipinski definition) is 0. The number of carbonyl (C=O) groups excluding carboxylic acids is 1. The lowest BCUT2D eigenvalue weighted by atomic mass is 10.2. The van der Waals surface area contributed by atoms with Gasteiger partial charge in [-0.1, -0.05) is 0 Å². The van der Waals surface area contributed by atoms with Crippen molar-refractivity contribution in [2.75, 3.05) is 26.2 Å². The van der Waals surface area contributed by atoms with E-state index in [1.54, 1.807) is 30.7 Å². The standard InChI is InChI=1S/C17H17N3O4/c21-17(15-4-2-10-23-15)20-7-5-19(6-8-20)11-13-12-24-16(18-13)14-3-1-9-22-14/h1-4,9-10,12H,5-8,11H2. The minimum Gasteiger partial charge on any atom is -0.459 e. The molecule has 0 saturated carbocycles. The van der Waals surface area contributed by atoms with Crippen LogP contribution in [0, 0.1) is 0 Å². The first-order valence-corrected chi connectivity index (χ1v) is 7.83. The molecule has 1 saturated heterocycles. The van der Waals surface area contributed by atoms with Crippen LogP contribution >= 0.6 is 0 Å². The number of rotatable bonds is 4. The van der Waals surface area contributed by atoms with E-state index >= 15 is 0 Å². The molecule has 7 heteroatoms. The molecule has 1 aliphatic heterocycles. The van der Waals surface area contributed by atoms with Crippen LogP contribution in [0.5, 0.6) is 0 Å². The first kappa shape index (κ1) is 14.8. The molecule has 4 rings (SSSR count). The second-order valence-corrected chi connectivity index (χ2v) is 5.67. The number of amides is 1. The minimum absolute atomic E-state index is 0.0545. The SMILES string of the molecule is O=C(c1ccco1)N1CCN(Cc2coc(-c3ccco3)n2)CC1. The van der Waals surface area contributed by atoms with E-state index in [0.717, 1.165) is 18.8 Å². The number of hydrogen-bond acceptors (Lipinski definition) is 6. The summed E-state index contributed by atoms with van der Waals surface area (Å²) in [6.45, 7) is 3.60. The molecule has 0 N–H and O–H groups in total. The van der Waals surface area contributed by atoms with Crippen molar-refractivity contribution in [3.05, 3.63) is 54.5 Å². The zero-order valence-corrected chi connectivity index (χ0v) is 13.1. The fourth-order valence-corrected chi connectivity index (χ4v) is 2.79. The van der Waals surface area contributed by atoms with Crippen LogP contribution in [0.25, 0.3) is 11.7 Å². The second kappa shape index (κ2) is 6.37. The summed E-state index contributed by atoms with van der Waals surface area (Å²) in [5.41, 5.74) is 0.854. The normalized spacial score (nSPS) is 15.8. The molecular formula is C17H17N3O4. The zero-order chi connectivity index (χ0) is 16.4. The lowest BCUT2D eigenvalue weighted by Gasteiger charge is -2.33. The Hall–Kier alpha value is -2.80. The van der Waals surface area contributed by atoms with Crippen LogP contribution in [0.4, 0.5) is 0 Å². The Bertz CT molecular complexity index is 784. The van der Waals surface area contributed by atoms with E-state index in [9.17, 15) is 4.79 Å². The zero-order valence-electron chi connectivity index (χ0n) is 13.1. The van der Waals surface area contributed by atoms with Gasteiger partial charge in [0.15, 0.2) is 11.5 Å². The minimum atomic E-state index is -0.0545. The first-order valence-electron chi connectivity index (χ1n) is 7.83.